The lowest BCUT2D eigenvalue weighted by Gasteiger charge is -2.30. The van der Waals surface area contributed by atoms with Crippen molar-refractivity contribution in [1.29, 1.82) is 0 Å². The van der Waals surface area contributed by atoms with Gasteiger partial charge in [-0.15, -0.1) is 0 Å². The van der Waals surface area contributed by atoms with Gasteiger partial charge in [0.25, 0.3) is 0 Å². The summed E-state index contributed by atoms with van der Waals surface area (Å²) in [4.78, 5) is 22.3. The van der Waals surface area contributed by atoms with Crippen LogP contribution in [0.2, 0.25) is 0 Å². The van der Waals surface area contributed by atoms with Gasteiger partial charge in [0.15, 0.2) is 5.82 Å². The number of rotatable bonds is 6. The van der Waals surface area contributed by atoms with Gasteiger partial charge >= 0.3 is 6.09 Å². The van der Waals surface area contributed by atoms with Crippen molar-refractivity contribution < 1.29 is 19.4 Å². The number of piperidine rings is 1. The van der Waals surface area contributed by atoms with Gasteiger partial charge in [-0.3, -0.25) is 4.40 Å². The summed E-state index contributed by atoms with van der Waals surface area (Å²) >= 11 is 5.82. The topological polar surface area (TPSA) is 101 Å². The minimum absolute atomic E-state index is 0.0177. The van der Waals surface area contributed by atoms with Crippen molar-refractivity contribution in [3.05, 3.63) is 44.1 Å². The lowest BCUT2D eigenvalue weighted by molar-refractivity contribution is 0.129. The minimum atomic E-state index is -0.887. The first-order valence-corrected chi connectivity index (χ1v) is 11.9. The molecule has 4 rings (SSSR count). The van der Waals surface area contributed by atoms with Crippen LogP contribution in [0.25, 0.3) is 5.52 Å². The Hall–Kier alpha value is -2.28. The van der Waals surface area contributed by atoms with Crippen LogP contribution in [0, 0.1) is 3.70 Å². The number of methoxy groups -OCH3 is 2. The highest BCUT2D eigenvalue weighted by Gasteiger charge is 2.29. The monoisotopic (exact) mass is 615 g/mol. The number of ether oxygens (including phenoxy) is 2. The number of fused-ring (bicyclic) bond motifs is 1. The van der Waals surface area contributed by atoms with Gasteiger partial charge in [0, 0.05) is 37.2 Å². The van der Waals surface area contributed by atoms with Crippen molar-refractivity contribution in [1.82, 2.24) is 19.3 Å². The normalized spacial score (nSPS) is 16.2. The molecule has 3 aromatic rings. The second kappa shape index (κ2) is 9.69. The van der Waals surface area contributed by atoms with Crippen molar-refractivity contribution in [2.45, 2.75) is 25.3 Å². The number of aromatic nitrogens is 3. The van der Waals surface area contributed by atoms with Gasteiger partial charge in [0.05, 0.1) is 20.4 Å². The van der Waals surface area contributed by atoms with E-state index in [0.717, 1.165) is 49.5 Å². The Morgan fingerprint density at radius 1 is 1.38 bits per heavy atom. The zero-order chi connectivity index (χ0) is 22.8. The zero-order valence-electron chi connectivity index (χ0n) is 17.6. The number of hydrogen-bond donors (Lipinski definition) is 2. The number of imidazole rings is 1. The Morgan fingerprint density at radius 3 is 2.91 bits per heavy atom. The van der Waals surface area contributed by atoms with E-state index < -0.39 is 6.09 Å². The van der Waals surface area contributed by atoms with Crippen LogP contribution in [0.5, 0.6) is 11.5 Å². The molecule has 170 valence electrons. The van der Waals surface area contributed by atoms with Gasteiger partial charge in [-0.2, -0.15) is 0 Å². The average Bonchev–Trinajstić information content (AvgIpc) is 3.17. The van der Waals surface area contributed by atoms with Crippen molar-refractivity contribution >= 4 is 55.9 Å². The van der Waals surface area contributed by atoms with E-state index in [1.165, 1.54) is 4.90 Å². The number of nitrogens with one attached hydrogen (secondary N) is 1. The maximum absolute atomic E-state index is 11.5. The van der Waals surface area contributed by atoms with Crippen LogP contribution in [-0.2, 0) is 6.54 Å². The Labute approximate surface area is 207 Å². The molecule has 1 unspecified atom stereocenters. The summed E-state index contributed by atoms with van der Waals surface area (Å²) in [5, 5.41) is 12.8. The van der Waals surface area contributed by atoms with Gasteiger partial charge in [-0.1, -0.05) is 0 Å². The van der Waals surface area contributed by atoms with Gasteiger partial charge < -0.3 is 24.8 Å². The molecule has 1 aliphatic heterocycles. The van der Waals surface area contributed by atoms with E-state index in [0.29, 0.717) is 25.5 Å². The van der Waals surface area contributed by atoms with Crippen molar-refractivity contribution in [2.24, 2.45) is 0 Å². The number of benzene rings is 1. The maximum Gasteiger partial charge on any atom is 0.407 e. The third-order valence-electron chi connectivity index (χ3n) is 5.60. The van der Waals surface area contributed by atoms with Crippen LogP contribution in [0.15, 0.2) is 29.0 Å². The second-order valence-electron chi connectivity index (χ2n) is 7.47. The predicted octanol–water partition coefficient (Wildman–Crippen LogP) is 4.58. The van der Waals surface area contributed by atoms with E-state index in [1.54, 1.807) is 20.4 Å². The van der Waals surface area contributed by atoms with E-state index in [4.69, 9.17) is 14.5 Å². The molecule has 0 bridgehead atoms. The van der Waals surface area contributed by atoms with E-state index in [9.17, 15) is 9.90 Å². The lowest BCUT2D eigenvalue weighted by atomic mass is 9.97. The van der Waals surface area contributed by atoms with Gasteiger partial charge in [-0.05, 0) is 63.5 Å². The van der Waals surface area contributed by atoms with Gasteiger partial charge in [0.1, 0.15) is 31.1 Å². The van der Waals surface area contributed by atoms with Crippen LogP contribution in [0.1, 0.15) is 30.1 Å². The molecule has 1 saturated heterocycles. The molecule has 2 N–H and O–H groups in total. The first-order chi connectivity index (χ1) is 15.4. The largest absolute Gasteiger partial charge is 0.497 e. The number of anilines is 1. The summed E-state index contributed by atoms with van der Waals surface area (Å²) in [7, 11) is 3.25. The molecule has 1 amide bonds. The molecule has 9 nitrogen and oxygen atoms in total. The van der Waals surface area contributed by atoms with Crippen LogP contribution >= 0.6 is 38.5 Å². The third-order valence-corrected chi connectivity index (χ3v) is 6.91. The molecule has 0 radical (unpaired) electrons. The Balaban J connectivity index is 1.66. The molecule has 1 aliphatic rings. The van der Waals surface area contributed by atoms with Crippen LogP contribution in [0.3, 0.4) is 0 Å². The number of nitrogens with zero attached hydrogens (tertiary/aromatic N) is 4. The predicted molar refractivity (Wildman–Crippen MR) is 132 cm³/mol. The van der Waals surface area contributed by atoms with Crippen LogP contribution in [-0.4, -0.2) is 57.8 Å². The molecule has 0 aliphatic carbocycles. The number of carbonyl (C=O) groups is 1. The molecular formula is C21H23BrIN5O4. The molecular weight excluding hydrogens is 593 g/mol. The Morgan fingerprint density at radius 2 is 2.19 bits per heavy atom. The molecule has 11 heteroatoms. The molecule has 1 aromatic carbocycles. The minimum Gasteiger partial charge on any atom is -0.497 e. The highest BCUT2D eigenvalue weighted by molar-refractivity contribution is 14.1. The molecule has 32 heavy (non-hydrogen) atoms. The summed E-state index contributed by atoms with van der Waals surface area (Å²) in [6, 6.07) is 5.69. The fourth-order valence-corrected chi connectivity index (χ4v) is 5.21. The summed E-state index contributed by atoms with van der Waals surface area (Å²) in [5.41, 5.74) is 1.82. The Kier molecular flexibility index (Phi) is 6.93. The van der Waals surface area contributed by atoms with Crippen molar-refractivity contribution in [3.63, 3.8) is 0 Å². The van der Waals surface area contributed by atoms with Gasteiger partial charge in [0.2, 0.25) is 0 Å². The highest BCUT2D eigenvalue weighted by atomic mass is 127. The number of halogens is 2. The van der Waals surface area contributed by atoms with E-state index in [-0.39, 0.29) is 5.92 Å². The number of carboxylic acid groups (broad SMARTS) is 1. The number of amides is 1. The average molecular weight is 616 g/mol. The first-order valence-electron chi connectivity index (χ1n) is 10.1. The van der Waals surface area contributed by atoms with Crippen LogP contribution in [0.4, 0.5) is 10.6 Å². The second-order valence-corrected chi connectivity index (χ2v) is 9.31. The summed E-state index contributed by atoms with van der Waals surface area (Å²) in [6.07, 6.45) is 2.55. The Bertz CT molecular complexity index is 1150. The molecule has 1 fully saturated rings. The SMILES string of the molecule is COc1ccc(CNc2ncc(Br)n3c(C4CCCN(C(=O)O)C4)nc(I)c23)c(OC)c1. The lowest BCUT2D eigenvalue weighted by Crippen LogP contribution is -2.38. The maximum atomic E-state index is 11.5. The summed E-state index contributed by atoms with van der Waals surface area (Å²) in [6.45, 7) is 1.50. The smallest absolute Gasteiger partial charge is 0.407 e. The van der Waals surface area contributed by atoms with Crippen molar-refractivity contribution in [2.75, 3.05) is 32.6 Å². The van der Waals surface area contributed by atoms with E-state index in [2.05, 4.69) is 48.8 Å². The van der Waals surface area contributed by atoms with E-state index in [1.807, 2.05) is 22.6 Å². The quantitative estimate of drug-likeness (QED) is 0.391. The zero-order valence-corrected chi connectivity index (χ0v) is 21.4. The summed E-state index contributed by atoms with van der Waals surface area (Å²) in [5.74, 6) is 3.01. The molecule has 0 spiro atoms. The molecule has 1 atom stereocenters. The fourth-order valence-electron chi connectivity index (χ4n) is 4.01. The summed E-state index contributed by atoms with van der Waals surface area (Å²) < 4.78 is 14.4. The van der Waals surface area contributed by atoms with Crippen molar-refractivity contribution in [3.8, 4) is 11.5 Å². The highest BCUT2D eigenvalue weighted by Crippen LogP contribution is 2.34. The van der Waals surface area contributed by atoms with E-state index >= 15 is 0 Å². The fraction of sp³-hybridized carbons (Fsp3) is 0.381. The first kappa shape index (κ1) is 22.9. The van der Waals surface area contributed by atoms with Gasteiger partial charge in [-0.25, -0.2) is 14.8 Å². The molecule has 0 saturated carbocycles. The molecule has 2 aromatic heterocycles. The van der Waals surface area contributed by atoms with Crippen LogP contribution < -0.4 is 14.8 Å². The molecule has 3 heterocycles. The standard InChI is InChI=1S/C21H23BrIN5O4/c1-31-14-6-5-12(15(8-14)32-2)9-24-19-17-18(23)26-20(28(17)16(22)10-25-19)13-4-3-7-27(11-13)21(29)30/h5-6,8,10,13H,3-4,7,9,11H2,1-2H3,(H,24,25)(H,29,30). The number of likely N-dealkylation sites (tertiary alicyclic amines) is 1. The number of hydrogen-bond acceptors (Lipinski definition) is 6. The third kappa shape index (κ3) is 4.45.